The summed E-state index contributed by atoms with van der Waals surface area (Å²) in [4.78, 5) is 0. The van der Waals surface area contributed by atoms with E-state index in [0.717, 1.165) is 12.1 Å². The van der Waals surface area contributed by atoms with Crippen LogP contribution in [0.4, 0.5) is 0 Å². The van der Waals surface area contributed by atoms with Gasteiger partial charge in [0.15, 0.2) is 0 Å². The second-order valence-corrected chi connectivity index (χ2v) is 5.36. The molecule has 0 amide bonds. The minimum Gasteiger partial charge on any atom is -0.464 e. The number of fused-ring (bicyclic) bond motifs is 1. The van der Waals surface area contributed by atoms with E-state index in [1.165, 1.54) is 16.5 Å². The van der Waals surface area contributed by atoms with Crippen LogP contribution in [0.25, 0.3) is 11.0 Å². The molecule has 2 rings (SSSR count). The minimum atomic E-state index is 0.132. The highest BCUT2D eigenvalue weighted by Crippen LogP contribution is 2.22. The van der Waals surface area contributed by atoms with Crippen molar-refractivity contribution in [3.63, 3.8) is 0 Å². The van der Waals surface area contributed by atoms with Crippen LogP contribution < -0.4 is 5.32 Å². The Morgan fingerprint density at radius 1 is 1.25 bits per heavy atom. The molecule has 86 valence electrons. The Morgan fingerprint density at radius 2 is 2.00 bits per heavy atom. The third-order valence-electron chi connectivity index (χ3n) is 2.62. The van der Waals surface area contributed by atoms with Crippen LogP contribution in [-0.2, 0) is 6.54 Å². The van der Waals surface area contributed by atoms with Crippen molar-refractivity contribution in [3.8, 4) is 0 Å². The van der Waals surface area contributed by atoms with Crippen molar-refractivity contribution in [2.24, 2.45) is 0 Å². The summed E-state index contributed by atoms with van der Waals surface area (Å²) in [5.41, 5.74) is 3.60. The topological polar surface area (TPSA) is 25.2 Å². The van der Waals surface area contributed by atoms with E-state index in [-0.39, 0.29) is 5.54 Å². The highest BCUT2D eigenvalue weighted by molar-refractivity contribution is 5.81. The Hall–Kier alpha value is -1.28. The molecule has 16 heavy (non-hydrogen) atoms. The standard InChI is InChI=1S/C14H19NO/c1-10-5-6-13-12(7-10)11(9-16-13)8-15-14(2,3)4/h5-7,9,15H,8H2,1-4H3. The van der Waals surface area contributed by atoms with Crippen LogP contribution >= 0.6 is 0 Å². The lowest BCUT2D eigenvalue weighted by Crippen LogP contribution is -2.34. The minimum absolute atomic E-state index is 0.132. The maximum Gasteiger partial charge on any atom is 0.134 e. The summed E-state index contributed by atoms with van der Waals surface area (Å²) < 4.78 is 5.53. The molecule has 0 unspecified atom stereocenters. The predicted octanol–water partition coefficient (Wildman–Crippen LogP) is 3.63. The number of hydrogen-bond donors (Lipinski definition) is 1. The number of benzene rings is 1. The Balaban J connectivity index is 2.28. The number of aryl methyl sites for hydroxylation is 1. The fraction of sp³-hybridized carbons (Fsp3) is 0.429. The highest BCUT2D eigenvalue weighted by Gasteiger charge is 2.11. The molecule has 0 fully saturated rings. The van der Waals surface area contributed by atoms with Gasteiger partial charge in [0.05, 0.1) is 6.26 Å². The number of hydrogen-bond acceptors (Lipinski definition) is 2. The van der Waals surface area contributed by atoms with Crippen molar-refractivity contribution in [2.75, 3.05) is 0 Å². The summed E-state index contributed by atoms with van der Waals surface area (Å²) in [7, 11) is 0. The molecule has 2 aromatic rings. The molecule has 0 saturated carbocycles. The van der Waals surface area contributed by atoms with Gasteiger partial charge in [-0.25, -0.2) is 0 Å². The highest BCUT2D eigenvalue weighted by atomic mass is 16.3. The Morgan fingerprint density at radius 3 is 2.69 bits per heavy atom. The van der Waals surface area contributed by atoms with E-state index in [4.69, 9.17) is 4.42 Å². The summed E-state index contributed by atoms with van der Waals surface area (Å²) in [5, 5.41) is 4.70. The van der Waals surface area contributed by atoms with Crippen LogP contribution in [0.1, 0.15) is 31.9 Å². The maximum absolute atomic E-state index is 5.53. The molecule has 1 heterocycles. The number of rotatable bonds is 2. The molecule has 1 aromatic carbocycles. The van der Waals surface area contributed by atoms with Crippen LogP contribution in [0.3, 0.4) is 0 Å². The first kappa shape index (κ1) is 11.2. The molecule has 0 atom stereocenters. The molecule has 0 aliphatic heterocycles. The zero-order valence-corrected chi connectivity index (χ0v) is 10.4. The number of nitrogens with one attached hydrogen (secondary N) is 1. The molecule has 1 aromatic heterocycles. The molecule has 0 radical (unpaired) electrons. The van der Waals surface area contributed by atoms with Gasteiger partial charge in [-0.2, -0.15) is 0 Å². The quantitative estimate of drug-likeness (QED) is 0.831. The van der Waals surface area contributed by atoms with E-state index < -0.39 is 0 Å². The first-order valence-corrected chi connectivity index (χ1v) is 5.67. The SMILES string of the molecule is Cc1ccc2occ(CNC(C)(C)C)c2c1. The van der Waals surface area contributed by atoms with Crippen molar-refractivity contribution in [3.05, 3.63) is 35.6 Å². The van der Waals surface area contributed by atoms with E-state index in [2.05, 4.69) is 45.1 Å². The normalized spacial score (nSPS) is 12.2. The zero-order valence-electron chi connectivity index (χ0n) is 10.4. The van der Waals surface area contributed by atoms with E-state index >= 15 is 0 Å². The van der Waals surface area contributed by atoms with E-state index in [1.54, 1.807) is 0 Å². The average Bonchev–Trinajstić information content (AvgIpc) is 2.56. The summed E-state index contributed by atoms with van der Waals surface area (Å²) in [6, 6.07) is 6.29. The van der Waals surface area contributed by atoms with Crippen molar-refractivity contribution < 1.29 is 4.42 Å². The first-order chi connectivity index (χ1) is 7.46. The van der Waals surface area contributed by atoms with E-state index in [0.29, 0.717) is 0 Å². The average molecular weight is 217 g/mol. The molecule has 0 saturated heterocycles. The van der Waals surface area contributed by atoms with Gasteiger partial charge in [-0.05, 0) is 39.8 Å². The molecule has 2 heteroatoms. The van der Waals surface area contributed by atoms with E-state index in [9.17, 15) is 0 Å². The van der Waals surface area contributed by atoms with Crippen molar-refractivity contribution >= 4 is 11.0 Å². The smallest absolute Gasteiger partial charge is 0.134 e. The van der Waals surface area contributed by atoms with Gasteiger partial charge in [0, 0.05) is 23.0 Å². The first-order valence-electron chi connectivity index (χ1n) is 5.67. The predicted molar refractivity (Wildman–Crippen MR) is 67.5 cm³/mol. The summed E-state index contributed by atoms with van der Waals surface area (Å²) in [6.45, 7) is 9.45. The summed E-state index contributed by atoms with van der Waals surface area (Å²) >= 11 is 0. The van der Waals surface area contributed by atoms with Gasteiger partial charge in [0.25, 0.3) is 0 Å². The fourth-order valence-electron chi connectivity index (χ4n) is 1.69. The lowest BCUT2D eigenvalue weighted by atomic mass is 10.1. The molecular weight excluding hydrogens is 198 g/mol. The largest absolute Gasteiger partial charge is 0.464 e. The van der Waals surface area contributed by atoms with Gasteiger partial charge < -0.3 is 9.73 Å². The molecule has 0 spiro atoms. The third-order valence-corrected chi connectivity index (χ3v) is 2.62. The van der Waals surface area contributed by atoms with Crippen molar-refractivity contribution in [1.82, 2.24) is 5.32 Å². The second kappa shape index (κ2) is 3.95. The summed E-state index contributed by atoms with van der Waals surface area (Å²) in [6.07, 6.45) is 1.85. The van der Waals surface area contributed by atoms with Gasteiger partial charge in [-0.1, -0.05) is 11.6 Å². The van der Waals surface area contributed by atoms with Gasteiger partial charge in [-0.15, -0.1) is 0 Å². The van der Waals surface area contributed by atoms with E-state index in [1.807, 2.05) is 12.3 Å². The molecule has 0 bridgehead atoms. The Labute approximate surface area is 96.6 Å². The van der Waals surface area contributed by atoms with Crippen LogP contribution in [-0.4, -0.2) is 5.54 Å². The Bertz CT molecular complexity index is 491. The van der Waals surface area contributed by atoms with Gasteiger partial charge in [0.1, 0.15) is 5.58 Å². The summed E-state index contributed by atoms with van der Waals surface area (Å²) in [5.74, 6) is 0. The van der Waals surface area contributed by atoms with Gasteiger partial charge in [-0.3, -0.25) is 0 Å². The van der Waals surface area contributed by atoms with Crippen molar-refractivity contribution in [1.29, 1.82) is 0 Å². The van der Waals surface area contributed by atoms with Crippen LogP contribution in [0, 0.1) is 6.92 Å². The maximum atomic E-state index is 5.53. The third kappa shape index (κ3) is 2.45. The lowest BCUT2D eigenvalue weighted by molar-refractivity contribution is 0.423. The fourth-order valence-corrected chi connectivity index (χ4v) is 1.69. The molecule has 2 nitrogen and oxygen atoms in total. The molecule has 0 aliphatic carbocycles. The zero-order chi connectivity index (χ0) is 11.8. The monoisotopic (exact) mass is 217 g/mol. The van der Waals surface area contributed by atoms with Crippen LogP contribution in [0.15, 0.2) is 28.9 Å². The van der Waals surface area contributed by atoms with Crippen LogP contribution in [0.5, 0.6) is 0 Å². The van der Waals surface area contributed by atoms with Gasteiger partial charge >= 0.3 is 0 Å². The molecular formula is C14H19NO. The van der Waals surface area contributed by atoms with Crippen LogP contribution in [0.2, 0.25) is 0 Å². The molecule has 0 aliphatic rings. The second-order valence-electron chi connectivity index (χ2n) is 5.36. The number of furan rings is 1. The molecule has 1 N–H and O–H groups in total. The lowest BCUT2D eigenvalue weighted by Gasteiger charge is -2.19. The van der Waals surface area contributed by atoms with Crippen molar-refractivity contribution in [2.45, 2.75) is 39.8 Å². The Kier molecular flexibility index (Phi) is 2.76. The van der Waals surface area contributed by atoms with Gasteiger partial charge in [0.2, 0.25) is 0 Å².